The van der Waals surface area contributed by atoms with Gasteiger partial charge >= 0.3 is 5.97 Å². The van der Waals surface area contributed by atoms with Crippen molar-refractivity contribution in [2.45, 2.75) is 77.4 Å². The van der Waals surface area contributed by atoms with Gasteiger partial charge in [-0.1, -0.05) is 38.1 Å². The number of aliphatic hydroxyl groups is 1. The van der Waals surface area contributed by atoms with E-state index in [1.807, 2.05) is 6.07 Å². The van der Waals surface area contributed by atoms with E-state index in [0.717, 1.165) is 56.6 Å². The summed E-state index contributed by atoms with van der Waals surface area (Å²) in [5.74, 6) is 2.58. The molecule has 3 aliphatic rings. The summed E-state index contributed by atoms with van der Waals surface area (Å²) in [6.07, 6.45) is 6.95. The molecule has 5 heteroatoms. The molecule has 1 unspecified atom stereocenters. The number of methoxy groups -OCH3 is 1. The number of piperidine rings is 1. The highest BCUT2D eigenvalue weighted by Gasteiger charge is 2.52. The number of esters is 1. The van der Waals surface area contributed by atoms with E-state index in [9.17, 15) is 9.90 Å². The van der Waals surface area contributed by atoms with Gasteiger partial charge in [-0.25, -0.2) is 0 Å². The molecule has 1 saturated carbocycles. The Morgan fingerprint density at radius 2 is 1.91 bits per heavy atom. The summed E-state index contributed by atoms with van der Waals surface area (Å²) in [7, 11) is 1.76. The van der Waals surface area contributed by atoms with Crippen molar-refractivity contribution in [2.24, 2.45) is 23.7 Å². The average molecular weight is 470 g/mol. The van der Waals surface area contributed by atoms with Gasteiger partial charge in [0, 0.05) is 25.8 Å². The molecule has 2 fully saturated rings. The third-order valence-corrected chi connectivity index (χ3v) is 9.04. The quantitative estimate of drug-likeness (QED) is 0.459. The van der Waals surface area contributed by atoms with Crippen molar-refractivity contribution < 1.29 is 19.4 Å². The molecule has 0 amide bonds. The molecular formula is C29H43NO4. The second kappa shape index (κ2) is 10.4. The van der Waals surface area contributed by atoms with Crippen LogP contribution in [0.15, 0.2) is 35.9 Å². The smallest absolute Gasteiger partial charge is 0.303 e. The van der Waals surface area contributed by atoms with Crippen LogP contribution in [0.1, 0.15) is 71.3 Å². The molecule has 0 aromatic heterocycles. The highest BCUT2D eigenvalue weighted by Crippen LogP contribution is 2.51. The second-order valence-corrected chi connectivity index (χ2v) is 11.2. The van der Waals surface area contributed by atoms with Gasteiger partial charge in [-0.05, 0) is 86.6 Å². The Labute approximate surface area is 205 Å². The number of nitrogens with zero attached hydrogens (tertiary/aromatic N) is 1. The molecule has 1 aromatic rings. The van der Waals surface area contributed by atoms with Gasteiger partial charge in [0.05, 0.1) is 12.7 Å². The molecule has 1 heterocycles. The second-order valence-electron chi connectivity index (χ2n) is 11.2. The first-order valence-electron chi connectivity index (χ1n) is 13.2. The molecule has 1 saturated heterocycles. The van der Waals surface area contributed by atoms with Gasteiger partial charge in [0.25, 0.3) is 0 Å². The molecule has 0 bridgehead atoms. The van der Waals surface area contributed by atoms with Gasteiger partial charge in [-0.2, -0.15) is 0 Å². The third kappa shape index (κ3) is 5.06. The number of rotatable bonds is 6. The van der Waals surface area contributed by atoms with Gasteiger partial charge in [0.2, 0.25) is 0 Å². The summed E-state index contributed by atoms with van der Waals surface area (Å²) in [4.78, 5) is 14.2. The summed E-state index contributed by atoms with van der Waals surface area (Å²) >= 11 is 0. The topological polar surface area (TPSA) is 59.0 Å². The van der Waals surface area contributed by atoms with E-state index in [2.05, 4.69) is 49.9 Å². The van der Waals surface area contributed by atoms with Gasteiger partial charge in [-0.3, -0.25) is 4.79 Å². The highest BCUT2D eigenvalue weighted by atomic mass is 16.5. The fraction of sp³-hybridized carbons (Fsp3) is 0.690. The van der Waals surface area contributed by atoms with Gasteiger partial charge in [0.15, 0.2) is 0 Å². The van der Waals surface area contributed by atoms with Gasteiger partial charge < -0.3 is 19.5 Å². The predicted molar refractivity (Wildman–Crippen MR) is 135 cm³/mol. The van der Waals surface area contributed by atoms with Crippen LogP contribution in [0.3, 0.4) is 0 Å². The van der Waals surface area contributed by atoms with Gasteiger partial charge in [0.1, 0.15) is 11.9 Å². The zero-order valence-corrected chi connectivity index (χ0v) is 21.6. The molecule has 2 aliphatic carbocycles. The lowest BCUT2D eigenvalue weighted by atomic mass is 9.57. The summed E-state index contributed by atoms with van der Waals surface area (Å²) in [6, 6.07) is 8.44. The molecule has 1 aromatic carbocycles. The number of carbonyl (C=O) groups excluding carboxylic acids is 1. The first-order chi connectivity index (χ1) is 16.2. The van der Waals surface area contributed by atoms with E-state index in [0.29, 0.717) is 24.2 Å². The predicted octanol–water partition coefficient (Wildman–Crippen LogP) is 5.19. The number of ether oxygens (including phenoxy) is 2. The highest BCUT2D eigenvalue weighted by molar-refractivity contribution is 5.66. The van der Waals surface area contributed by atoms with Crippen molar-refractivity contribution in [3.63, 3.8) is 0 Å². The van der Waals surface area contributed by atoms with E-state index < -0.39 is 5.60 Å². The molecule has 0 spiro atoms. The minimum Gasteiger partial charge on any atom is -0.496 e. The Bertz CT molecular complexity index is 890. The lowest BCUT2D eigenvalue weighted by Crippen LogP contribution is -2.56. The van der Waals surface area contributed by atoms with Crippen LogP contribution in [0.4, 0.5) is 0 Å². The molecular weight excluding hydrogens is 426 g/mol. The number of benzene rings is 1. The maximum absolute atomic E-state index is 11.8. The summed E-state index contributed by atoms with van der Waals surface area (Å²) in [5.41, 5.74) is 1.64. The van der Waals surface area contributed by atoms with Crippen LogP contribution in [0, 0.1) is 23.7 Å². The fourth-order valence-electron chi connectivity index (χ4n) is 6.97. The number of fused-ring (bicyclic) bond motifs is 1. The van der Waals surface area contributed by atoms with E-state index in [1.165, 1.54) is 12.5 Å². The van der Waals surface area contributed by atoms with Crippen LogP contribution in [0.2, 0.25) is 0 Å². The number of hydrogen-bond acceptors (Lipinski definition) is 5. The van der Waals surface area contributed by atoms with Crippen LogP contribution in [-0.2, 0) is 9.53 Å². The first kappa shape index (κ1) is 25.2. The Balaban J connectivity index is 1.41. The summed E-state index contributed by atoms with van der Waals surface area (Å²) in [6.45, 7) is 11.3. The molecule has 188 valence electrons. The molecule has 4 rings (SSSR count). The molecule has 1 aliphatic heterocycles. The lowest BCUT2D eigenvalue weighted by molar-refractivity contribution is -0.159. The summed E-state index contributed by atoms with van der Waals surface area (Å²) in [5, 5.41) is 11.8. The molecule has 34 heavy (non-hydrogen) atoms. The van der Waals surface area contributed by atoms with Crippen LogP contribution in [0.5, 0.6) is 5.75 Å². The largest absolute Gasteiger partial charge is 0.496 e. The number of para-hydroxylation sites is 1. The van der Waals surface area contributed by atoms with E-state index >= 15 is 0 Å². The van der Waals surface area contributed by atoms with Crippen LogP contribution in [-0.4, -0.2) is 54.4 Å². The molecule has 6 atom stereocenters. The van der Waals surface area contributed by atoms with Crippen molar-refractivity contribution in [3.05, 3.63) is 41.5 Å². The number of hydrogen-bond donors (Lipinski definition) is 1. The Kier molecular flexibility index (Phi) is 7.73. The molecule has 1 N–H and O–H groups in total. The van der Waals surface area contributed by atoms with Crippen LogP contribution >= 0.6 is 0 Å². The minimum atomic E-state index is -0.798. The van der Waals surface area contributed by atoms with E-state index in [4.69, 9.17) is 9.47 Å². The van der Waals surface area contributed by atoms with Crippen molar-refractivity contribution in [3.8, 4) is 5.75 Å². The molecule has 5 nitrogen and oxygen atoms in total. The lowest BCUT2D eigenvalue weighted by Gasteiger charge is -2.53. The van der Waals surface area contributed by atoms with Crippen LogP contribution < -0.4 is 4.74 Å². The van der Waals surface area contributed by atoms with Crippen molar-refractivity contribution in [1.82, 2.24) is 4.90 Å². The SMILES string of the molecule is COc1ccccc1C1CCN(CC(C)[C@@H]2CC[C@@H](C)[C@]3(O)C[C@@H](OC(C)=O)C(C)=C[C@H]23)CC1. The summed E-state index contributed by atoms with van der Waals surface area (Å²) < 4.78 is 11.2. The monoisotopic (exact) mass is 469 g/mol. The number of likely N-dealkylation sites (tertiary alicyclic amines) is 1. The maximum atomic E-state index is 11.8. The van der Waals surface area contributed by atoms with E-state index in [1.54, 1.807) is 7.11 Å². The number of carbonyl (C=O) groups is 1. The normalized spacial score (nSPS) is 33.5. The minimum absolute atomic E-state index is 0.129. The van der Waals surface area contributed by atoms with Crippen molar-refractivity contribution in [1.29, 1.82) is 0 Å². The zero-order valence-electron chi connectivity index (χ0n) is 21.6. The average Bonchev–Trinajstić information content (AvgIpc) is 2.81. The van der Waals surface area contributed by atoms with Crippen LogP contribution in [0.25, 0.3) is 0 Å². The third-order valence-electron chi connectivity index (χ3n) is 9.04. The van der Waals surface area contributed by atoms with Crippen molar-refractivity contribution >= 4 is 5.97 Å². The van der Waals surface area contributed by atoms with Crippen molar-refractivity contribution in [2.75, 3.05) is 26.7 Å². The fourth-order valence-corrected chi connectivity index (χ4v) is 6.97. The Morgan fingerprint density at radius 3 is 2.59 bits per heavy atom. The first-order valence-corrected chi connectivity index (χ1v) is 13.2. The Morgan fingerprint density at radius 1 is 1.21 bits per heavy atom. The van der Waals surface area contributed by atoms with E-state index in [-0.39, 0.29) is 23.9 Å². The maximum Gasteiger partial charge on any atom is 0.303 e. The zero-order chi connectivity index (χ0) is 24.5. The standard InChI is InChI=1S/C29H43NO4/c1-19-16-26-24(11-10-21(3)29(26,32)17-28(19)34-22(4)31)20(2)18-30-14-12-23(13-15-30)25-8-6-7-9-27(25)33-5/h6-9,16,20-21,23-24,26,28,32H,10-15,17-18H2,1-5H3/t20?,21-,24+,26-,28-,29-/m1/s1. The molecule has 0 radical (unpaired) electrons. The van der Waals surface area contributed by atoms with Gasteiger partial charge in [-0.15, -0.1) is 0 Å². The Hall–Kier alpha value is -1.85.